The summed E-state index contributed by atoms with van der Waals surface area (Å²) >= 11 is 0. The lowest BCUT2D eigenvalue weighted by Crippen LogP contribution is -2.54. The Labute approximate surface area is 172 Å². The lowest BCUT2D eigenvalue weighted by Gasteiger charge is -2.55. The van der Waals surface area contributed by atoms with Crippen molar-refractivity contribution in [3.8, 4) is 0 Å². The maximum Gasteiger partial charge on any atom is 0.326 e. The second-order valence-corrected chi connectivity index (χ2v) is 9.43. The van der Waals surface area contributed by atoms with Crippen molar-refractivity contribution in [3.05, 3.63) is 35.4 Å². The Morgan fingerprint density at radius 3 is 2.10 bits per heavy atom. The first-order valence-electron chi connectivity index (χ1n) is 11.0. The maximum absolute atomic E-state index is 12.9. The van der Waals surface area contributed by atoms with Crippen molar-refractivity contribution in [2.45, 2.75) is 64.9 Å². The number of ether oxygens (including phenoxy) is 1. The molecule has 5 nitrogen and oxygen atoms in total. The van der Waals surface area contributed by atoms with E-state index in [2.05, 4.69) is 12.2 Å². The fourth-order valence-electron chi connectivity index (χ4n) is 6.16. The predicted molar refractivity (Wildman–Crippen MR) is 109 cm³/mol. The van der Waals surface area contributed by atoms with Gasteiger partial charge in [-0.1, -0.05) is 31.2 Å². The molecule has 5 rings (SSSR count). The first-order chi connectivity index (χ1) is 13.9. The molecule has 4 bridgehead atoms. The van der Waals surface area contributed by atoms with E-state index in [0.717, 1.165) is 31.2 Å². The van der Waals surface area contributed by atoms with Gasteiger partial charge in [-0.15, -0.1) is 0 Å². The lowest BCUT2D eigenvalue weighted by molar-refractivity contribution is -0.152. The number of esters is 1. The minimum atomic E-state index is -0.869. The van der Waals surface area contributed by atoms with E-state index in [4.69, 9.17) is 4.74 Å². The van der Waals surface area contributed by atoms with Gasteiger partial charge in [0.25, 0.3) is 0 Å². The van der Waals surface area contributed by atoms with Crippen LogP contribution in [-0.2, 0) is 20.7 Å². The summed E-state index contributed by atoms with van der Waals surface area (Å²) in [5, 5.41) is 2.81. The second-order valence-electron chi connectivity index (χ2n) is 9.43. The number of aryl methyl sites for hydroxylation is 1. The minimum absolute atomic E-state index is 0.00249. The molecule has 4 fully saturated rings. The summed E-state index contributed by atoms with van der Waals surface area (Å²) in [6, 6.07) is 7.35. The summed E-state index contributed by atoms with van der Waals surface area (Å²) in [5.41, 5.74) is 1.40. The molecule has 4 aliphatic carbocycles. The summed E-state index contributed by atoms with van der Waals surface area (Å²) in [6.07, 6.45) is 6.73. The fraction of sp³-hybridized carbons (Fsp3) is 0.625. The third-order valence-electron chi connectivity index (χ3n) is 7.24. The van der Waals surface area contributed by atoms with Crippen LogP contribution >= 0.6 is 0 Å². The number of carbonyl (C=O) groups is 3. The Morgan fingerprint density at radius 1 is 1.03 bits per heavy atom. The molecule has 0 radical (unpaired) electrons. The number of amides is 1. The van der Waals surface area contributed by atoms with Crippen LogP contribution in [0.25, 0.3) is 0 Å². The Morgan fingerprint density at radius 2 is 1.59 bits per heavy atom. The van der Waals surface area contributed by atoms with Crippen molar-refractivity contribution in [1.82, 2.24) is 5.32 Å². The number of carbonyl (C=O) groups excluding carboxylic acids is 3. The Bertz CT molecular complexity index is 762. The van der Waals surface area contributed by atoms with Crippen LogP contribution in [0.2, 0.25) is 0 Å². The van der Waals surface area contributed by atoms with Gasteiger partial charge in [0.1, 0.15) is 6.54 Å². The number of Topliss-reactive ketones (excluding diaryl/α,β-unsaturated/α-hetero) is 1. The average Bonchev–Trinajstić information content (AvgIpc) is 2.70. The molecule has 4 saturated carbocycles. The molecule has 5 heteroatoms. The summed E-state index contributed by atoms with van der Waals surface area (Å²) in [6.45, 7) is 3.46. The van der Waals surface area contributed by atoms with Crippen molar-refractivity contribution in [2.75, 3.05) is 6.54 Å². The zero-order valence-corrected chi connectivity index (χ0v) is 17.4. The summed E-state index contributed by atoms with van der Waals surface area (Å²) in [5.74, 6) is 1.24. The zero-order chi connectivity index (χ0) is 20.6. The molecule has 0 unspecified atom stereocenters. The molecule has 29 heavy (non-hydrogen) atoms. The molecule has 1 amide bonds. The van der Waals surface area contributed by atoms with Crippen molar-refractivity contribution in [1.29, 1.82) is 0 Å². The van der Waals surface area contributed by atoms with Crippen LogP contribution in [0.4, 0.5) is 0 Å². The van der Waals surface area contributed by atoms with Crippen LogP contribution in [0.1, 0.15) is 68.3 Å². The molecule has 0 aromatic heterocycles. The number of benzene rings is 1. The van der Waals surface area contributed by atoms with Crippen molar-refractivity contribution in [3.63, 3.8) is 0 Å². The number of ketones is 1. The van der Waals surface area contributed by atoms with Gasteiger partial charge < -0.3 is 10.1 Å². The van der Waals surface area contributed by atoms with Gasteiger partial charge in [-0.25, -0.2) is 0 Å². The normalized spacial score (nSPS) is 30.6. The van der Waals surface area contributed by atoms with Gasteiger partial charge >= 0.3 is 5.97 Å². The average molecular weight is 398 g/mol. The predicted octanol–water partition coefficient (Wildman–Crippen LogP) is 3.70. The van der Waals surface area contributed by atoms with Gasteiger partial charge in [-0.3, -0.25) is 14.4 Å². The molecule has 1 aromatic rings. The molecule has 156 valence electrons. The zero-order valence-electron chi connectivity index (χ0n) is 17.4. The first kappa shape index (κ1) is 20.1. The molecule has 4 aliphatic rings. The van der Waals surface area contributed by atoms with E-state index in [1.807, 2.05) is 12.1 Å². The fourth-order valence-corrected chi connectivity index (χ4v) is 6.16. The topological polar surface area (TPSA) is 72.5 Å². The third kappa shape index (κ3) is 4.10. The highest BCUT2D eigenvalue weighted by molar-refractivity contribution is 6.00. The van der Waals surface area contributed by atoms with Crippen LogP contribution in [0.5, 0.6) is 0 Å². The van der Waals surface area contributed by atoms with E-state index < -0.39 is 12.1 Å². The van der Waals surface area contributed by atoms with E-state index >= 15 is 0 Å². The smallest absolute Gasteiger partial charge is 0.326 e. The molecule has 0 aliphatic heterocycles. The van der Waals surface area contributed by atoms with Crippen LogP contribution in [0, 0.1) is 23.2 Å². The number of nitrogens with one attached hydrogen (secondary N) is 1. The number of hydrogen-bond acceptors (Lipinski definition) is 4. The monoisotopic (exact) mass is 397 g/mol. The molecule has 0 heterocycles. The van der Waals surface area contributed by atoms with Gasteiger partial charge in [0.2, 0.25) is 11.7 Å². The summed E-state index contributed by atoms with van der Waals surface area (Å²) in [4.78, 5) is 37.6. The van der Waals surface area contributed by atoms with E-state index in [1.165, 1.54) is 19.3 Å². The van der Waals surface area contributed by atoms with Gasteiger partial charge in [0.15, 0.2) is 6.10 Å². The highest BCUT2D eigenvalue weighted by Crippen LogP contribution is 2.60. The van der Waals surface area contributed by atoms with Crippen LogP contribution in [0.15, 0.2) is 24.3 Å². The van der Waals surface area contributed by atoms with Crippen LogP contribution in [0.3, 0.4) is 0 Å². The van der Waals surface area contributed by atoms with Gasteiger partial charge in [0.05, 0.1) is 0 Å². The molecule has 0 saturated heterocycles. The van der Waals surface area contributed by atoms with Crippen LogP contribution < -0.4 is 5.32 Å². The van der Waals surface area contributed by atoms with Gasteiger partial charge in [0, 0.05) is 11.0 Å². The van der Waals surface area contributed by atoms with Crippen molar-refractivity contribution in [2.24, 2.45) is 23.2 Å². The van der Waals surface area contributed by atoms with Crippen LogP contribution in [-0.4, -0.2) is 30.3 Å². The number of hydrogen-bond donors (Lipinski definition) is 1. The van der Waals surface area contributed by atoms with Gasteiger partial charge in [-0.05, 0) is 75.2 Å². The summed E-state index contributed by atoms with van der Waals surface area (Å²) in [7, 11) is 0. The first-order valence-corrected chi connectivity index (χ1v) is 11.0. The summed E-state index contributed by atoms with van der Waals surface area (Å²) < 4.78 is 5.29. The molecular weight excluding hydrogens is 366 g/mol. The molecule has 0 spiro atoms. The van der Waals surface area contributed by atoms with E-state index in [9.17, 15) is 14.4 Å². The molecular formula is C24H31NO4. The lowest BCUT2D eigenvalue weighted by atomic mass is 9.49. The molecule has 1 aromatic carbocycles. The standard InChI is InChI=1S/C24H31NO4/c1-3-16-4-6-20(7-5-16)22(27)15(2)29-21(26)14-25-23(28)24-11-17-8-18(12-24)10-19(9-17)13-24/h4-7,15,17-19H,3,8-14H2,1-2H3,(H,25,28)/t15-,17?,18?,19?,24?/m0/s1. The second kappa shape index (κ2) is 7.92. The maximum atomic E-state index is 12.9. The van der Waals surface area contributed by atoms with Gasteiger partial charge in [-0.2, -0.15) is 0 Å². The number of rotatable bonds is 7. The van der Waals surface area contributed by atoms with Crippen molar-refractivity contribution < 1.29 is 19.1 Å². The van der Waals surface area contributed by atoms with Crippen molar-refractivity contribution >= 4 is 17.7 Å². The van der Waals surface area contributed by atoms with E-state index in [1.54, 1.807) is 19.1 Å². The van der Waals surface area contributed by atoms with E-state index in [0.29, 0.717) is 23.3 Å². The Balaban J connectivity index is 1.28. The minimum Gasteiger partial charge on any atom is -0.453 e. The highest BCUT2D eigenvalue weighted by atomic mass is 16.5. The third-order valence-corrected chi connectivity index (χ3v) is 7.24. The quantitative estimate of drug-likeness (QED) is 0.562. The SMILES string of the molecule is CCc1ccc(C(=O)[C@H](C)OC(=O)CNC(=O)C23CC4CC(CC(C4)C2)C3)cc1. The molecule has 1 atom stereocenters. The Kier molecular flexibility index (Phi) is 5.50. The molecule has 1 N–H and O–H groups in total. The Hall–Kier alpha value is -2.17. The largest absolute Gasteiger partial charge is 0.453 e. The highest BCUT2D eigenvalue weighted by Gasteiger charge is 2.54. The van der Waals surface area contributed by atoms with E-state index in [-0.39, 0.29) is 23.7 Å².